The molecule has 1 saturated heterocycles. The molecule has 1 aliphatic heterocycles. The molecule has 0 aromatic rings. The summed E-state index contributed by atoms with van der Waals surface area (Å²) in [4.78, 5) is 0. The van der Waals surface area contributed by atoms with Gasteiger partial charge >= 0.3 is 0 Å². The van der Waals surface area contributed by atoms with Crippen molar-refractivity contribution in [3.8, 4) is 0 Å². The molecule has 13 heavy (non-hydrogen) atoms. The highest BCUT2D eigenvalue weighted by Crippen LogP contribution is 2.44. The van der Waals surface area contributed by atoms with Crippen LogP contribution < -0.4 is 11.2 Å². The predicted octanol–water partition coefficient (Wildman–Crippen LogP) is 1.39. The van der Waals surface area contributed by atoms with E-state index < -0.39 is 0 Å². The second-order valence-electron chi connectivity index (χ2n) is 2.82. The summed E-state index contributed by atoms with van der Waals surface area (Å²) in [6.07, 6.45) is 0. The van der Waals surface area contributed by atoms with E-state index in [4.69, 9.17) is 5.73 Å². The van der Waals surface area contributed by atoms with Gasteiger partial charge in [-0.2, -0.15) is 5.10 Å². The zero-order valence-electron chi connectivity index (χ0n) is 7.66. The maximum absolute atomic E-state index is 5.28. The molecule has 0 aromatic heterocycles. The van der Waals surface area contributed by atoms with Crippen LogP contribution in [0, 0.1) is 0 Å². The fourth-order valence-corrected chi connectivity index (χ4v) is 3.80. The molecule has 0 amide bonds. The van der Waals surface area contributed by atoms with Crippen molar-refractivity contribution in [2.24, 2.45) is 10.8 Å². The van der Waals surface area contributed by atoms with Gasteiger partial charge in [-0.3, -0.25) is 5.43 Å². The Hall–Kier alpha value is 0.0600. The first-order valence-electron chi connectivity index (χ1n) is 3.93. The molecular formula is C7H13N3S3. The van der Waals surface area contributed by atoms with Crippen LogP contribution in [0.1, 0.15) is 13.8 Å². The van der Waals surface area contributed by atoms with Crippen LogP contribution in [0.3, 0.4) is 0 Å². The van der Waals surface area contributed by atoms with Crippen molar-refractivity contribution in [3.05, 3.63) is 0 Å². The van der Waals surface area contributed by atoms with E-state index in [1.54, 1.807) is 0 Å². The highest BCUT2D eigenvalue weighted by Gasteiger charge is 2.33. The molecule has 3 nitrogen and oxygen atoms in total. The van der Waals surface area contributed by atoms with E-state index in [0.717, 1.165) is 5.71 Å². The Bertz CT molecular complexity index is 233. The summed E-state index contributed by atoms with van der Waals surface area (Å²) in [6, 6.07) is 0. The Morgan fingerprint density at radius 1 is 1.54 bits per heavy atom. The van der Waals surface area contributed by atoms with Crippen LogP contribution >= 0.6 is 35.7 Å². The Labute approximate surface area is 92.3 Å². The molecule has 0 atom stereocenters. The first-order valence-corrected chi connectivity index (χ1v) is 6.31. The third kappa shape index (κ3) is 3.03. The summed E-state index contributed by atoms with van der Waals surface area (Å²) < 4.78 is 0.0950. The Balaban J connectivity index is 2.59. The molecular weight excluding hydrogens is 222 g/mol. The van der Waals surface area contributed by atoms with Gasteiger partial charge in [0, 0.05) is 11.5 Å². The summed E-state index contributed by atoms with van der Waals surface area (Å²) in [5.74, 6) is 2.36. The molecule has 1 aliphatic rings. The van der Waals surface area contributed by atoms with Gasteiger partial charge in [-0.25, -0.2) is 0 Å². The van der Waals surface area contributed by atoms with Crippen molar-refractivity contribution in [3.63, 3.8) is 0 Å². The highest BCUT2D eigenvalue weighted by atomic mass is 32.2. The van der Waals surface area contributed by atoms with E-state index in [-0.39, 0.29) is 9.19 Å². The van der Waals surface area contributed by atoms with Crippen LogP contribution in [0.25, 0.3) is 0 Å². The number of thioether (sulfide) groups is 2. The molecule has 0 bridgehead atoms. The lowest BCUT2D eigenvalue weighted by molar-refractivity contribution is 1.00. The molecule has 3 N–H and O–H groups in total. The monoisotopic (exact) mass is 235 g/mol. The largest absolute Gasteiger partial charge is 0.375 e. The average molecular weight is 235 g/mol. The lowest BCUT2D eigenvalue weighted by atomic mass is 10.3. The number of thiocarbonyl (C=S) groups is 1. The van der Waals surface area contributed by atoms with Gasteiger partial charge in [0.05, 0.1) is 9.79 Å². The summed E-state index contributed by atoms with van der Waals surface area (Å²) >= 11 is 8.50. The average Bonchev–Trinajstić information content (AvgIpc) is 2.49. The Kier molecular flexibility index (Phi) is 3.87. The zero-order chi connectivity index (χ0) is 9.90. The molecule has 1 rings (SSSR count). The van der Waals surface area contributed by atoms with Crippen LogP contribution in [0.5, 0.6) is 0 Å². The Morgan fingerprint density at radius 2 is 2.08 bits per heavy atom. The minimum absolute atomic E-state index is 0.0950. The first-order chi connectivity index (χ1) is 6.04. The van der Waals surface area contributed by atoms with Crippen molar-refractivity contribution >= 4 is 46.6 Å². The molecule has 0 unspecified atom stereocenters. The zero-order valence-corrected chi connectivity index (χ0v) is 10.1. The quantitative estimate of drug-likeness (QED) is 0.430. The SMILES string of the molecule is C/C(=N\NC(N)=S)C1(C)SCCS1. The number of nitrogens with zero attached hydrogens (tertiary/aromatic N) is 1. The first kappa shape index (κ1) is 11.1. The summed E-state index contributed by atoms with van der Waals surface area (Å²) in [7, 11) is 0. The molecule has 0 radical (unpaired) electrons. The smallest absolute Gasteiger partial charge is 0.184 e. The third-order valence-electron chi connectivity index (χ3n) is 1.83. The van der Waals surface area contributed by atoms with Crippen LogP contribution in [-0.2, 0) is 0 Å². The van der Waals surface area contributed by atoms with Crippen molar-refractivity contribution in [1.82, 2.24) is 5.43 Å². The molecule has 74 valence electrons. The van der Waals surface area contributed by atoms with Crippen molar-refractivity contribution in [2.45, 2.75) is 17.9 Å². The number of hydrogen-bond donors (Lipinski definition) is 2. The van der Waals surface area contributed by atoms with Gasteiger partial charge in [0.2, 0.25) is 0 Å². The van der Waals surface area contributed by atoms with Gasteiger partial charge in [0.25, 0.3) is 0 Å². The van der Waals surface area contributed by atoms with Crippen molar-refractivity contribution in [1.29, 1.82) is 0 Å². The van der Waals surface area contributed by atoms with E-state index in [1.807, 2.05) is 30.4 Å². The number of hydrogen-bond acceptors (Lipinski definition) is 4. The fraction of sp³-hybridized carbons (Fsp3) is 0.714. The predicted molar refractivity (Wildman–Crippen MR) is 66.4 cm³/mol. The van der Waals surface area contributed by atoms with E-state index in [9.17, 15) is 0 Å². The van der Waals surface area contributed by atoms with Gasteiger partial charge in [0.1, 0.15) is 0 Å². The van der Waals surface area contributed by atoms with Gasteiger partial charge in [0.15, 0.2) is 5.11 Å². The summed E-state index contributed by atoms with van der Waals surface area (Å²) in [6.45, 7) is 4.17. The summed E-state index contributed by atoms with van der Waals surface area (Å²) in [5.41, 5.74) is 8.94. The fourth-order valence-electron chi connectivity index (χ4n) is 0.964. The van der Waals surface area contributed by atoms with Crippen LogP contribution in [0.2, 0.25) is 0 Å². The lowest BCUT2D eigenvalue weighted by Gasteiger charge is -2.21. The molecule has 0 spiro atoms. The van der Waals surface area contributed by atoms with Gasteiger partial charge in [-0.05, 0) is 26.1 Å². The van der Waals surface area contributed by atoms with Crippen LogP contribution in [0.4, 0.5) is 0 Å². The number of nitrogens with two attached hydrogens (primary N) is 1. The van der Waals surface area contributed by atoms with E-state index in [1.165, 1.54) is 11.5 Å². The maximum Gasteiger partial charge on any atom is 0.184 e. The molecule has 0 aliphatic carbocycles. The van der Waals surface area contributed by atoms with Crippen LogP contribution in [0.15, 0.2) is 5.10 Å². The number of hydrazone groups is 1. The second-order valence-corrected chi connectivity index (χ2v) is 6.54. The topological polar surface area (TPSA) is 50.4 Å². The third-order valence-corrected chi connectivity index (χ3v) is 5.40. The Morgan fingerprint density at radius 3 is 2.54 bits per heavy atom. The molecule has 0 saturated carbocycles. The molecule has 1 heterocycles. The second kappa shape index (κ2) is 4.52. The number of rotatable bonds is 2. The van der Waals surface area contributed by atoms with E-state index >= 15 is 0 Å². The van der Waals surface area contributed by atoms with E-state index in [2.05, 4.69) is 29.7 Å². The van der Waals surface area contributed by atoms with E-state index in [0.29, 0.717) is 0 Å². The van der Waals surface area contributed by atoms with Crippen LogP contribution in [-0.4, -0.2) is 26.4 Å². The normalized spacial score (nSPS) is 21.5. The van der Waals surface area contributed by atoms with Gasteiger partial charge in [-0.1, -0.05) is 0 Å². The number of nitrogens with one attached hydrogen (secondary N) is 1. The van der Waals surface area contributed by atoms with Gasteiger partial charge < -0.3 is 5.73 Å². The van der Waals surface area contributed by atoms with Crippen molar-refractivity contribution < 1.29 is 0 Å². The minimum atomic E-state index is 0.0950. The van der Waals surface area contributed by atoms with Gasteiger partial charge in [-0.15, -0.1) is 23.5 Å². The molecule has 0 aromatic carbocycles. The molecule has 6 heteroatoms. The highest BCUT2D eigenvalue weighted by molar-refractivity contribution is 8.22. The standard InChI is InChI=1S/C7H13N3S3/c1-5(9-10-6(8)11)7(2)12-3-4-13-7/h3-4H2,1-2H3,(H3,8,10,11)/b9-5+. The molecule has 1 fully saturated rings. The summed E-state index contributed by atoms with van der Waals surface area (Å²) in [5, 5.41) is 4.35. The minimum Gasteiger partial charge on any atom is -0.375 e. The lowest BCUT2D eigenvalue weighted by Crippen LogP contribution is -2.30. The van der Waals surface area contributed by atoms with Crippen molar-refractivity contribution in [2.75, 3.05) is 11.5 Å². The maximum atomic E-state index is 5.28.